The molecular weight excluding hydrogens is 212 g/mol. The van der Waals surface area contributed by atoms with Gasteiger partial charge in [-0.25, -0.2) is 9.97 Å². The molecule has 0 bridgehead atoms. The second-order valence-electron chi connectivity index (χ2n) is 4.94. The van der Waals surface area contributed by atoms with Crippen LogP contribution >= 0.6 is 0 Å². The highest BCUT2D eigenvalue weighted by Gasteiger charge is 2.26. The van der Waals surface area contributed by atoms with Gasteiger partial charge in [-0.1, -0.05) is 6.92 Å². The van der Waals surface area contributed by atoms with Crippen molar-refractivity contribution < 1.29 is 0 Å². The minimum absolute atomic E-state index is 0.586. The molecule has 0 amide bonds. The van der Waals surface area contributed by atoms with Crippen molar-refractivity contribution in [3.8, 4) is 0 Å². The lowest BCUT2D eigenvalue weighted by Gasteiger charge is -2.37. The predicted octanol–water partition coefficient (Wildman–Crippen LogP) is 1.15. The molecule has 3 rings (SSSR count). The van der Waals surface area contributed by atoms with E-state index in [0.29, 0.717) is 6.04 Å². The zero-order valence-corrected chi connectivity index (χ0v) is 10.4. The van der Waals surface area contributed by atoms with E-state index in [2.05, 4.69) is 27.1 Å². The van der Waals surface area contributed by atoms with Crippen LogP contribution in [0.2, 0.25) is 0 Å². The number of anilines is 1. The van der Waals surface area contributed by atoms with E-state index in [9.17, 15) is 0 Å². The van der Waals surface area contributed by atoms with Gasteiger partial charge in [0.1, 0.15) is 12.1 Å². The molecule has 1 saturated heterocycles. The summed E-state index contributed by atoms with van der Waals surface area (Å²) in [6.07, 6.45) is 6.45. The van der Waals surface area contributed by atoms with Crippen molar-refractivity contribution in [3.05, 3.63) is 17.6 Å². The maximum Gasteiger partial charge on any atom is 0.135 e. The Labute approximate surface area is 102 Å². The van der Waals surface area contributed by atoms with Crippen LogP contribution in [-0.2, 0) is 12.8 Å². The molecule has 2 heterocycles. The number of nitrogens with zero attached hydrogens (tertiary/aromatic N) is 3. The van der Waals surface area contributed by atoms with E-state index < -0.39 is 0 Å². The van der Waals surface area contributed by atoms with Crippen molar-refractivity contribution in [2.75, 3.05) is 24.5 Å². The molecule has 1 aromatic heterocycles. The second-order valence-corrected chi connectivity index (χ2v) is 4.94. The van der Waals surface area contributed by atoms with Crippen LogP contribution in [0.4, 0.5) is 5.82 Å². The van der Waals surface area contributed by atoms with Gasteiger partial charge in [-0.3, -0.25) is 0 Å². The standard InChI is InChI=1S/C13H20N4/c1-2-10-8-14-6-7-17(10)13-11-4-3-5-12(11)15-9-16-13/h9-10,14H,2-8H2,1H3. The van der Waals surface area contributed by atoms with Crippen LogP contribution in [0.1, 0.15) is 31.0 Å². The van der Waals surface area contributed by atoms with Gasteiger partial charge < -0.3 is 10.2 Å². The van der Waals surface area contributed by atoms with Gasteiger partial charge >= 0.3 is 0 Å². The molecule has 1 aliphatic carbocycles. The molecule has 92 valence electrons. The van der Waals surface area contributed by atoms with Crippen molar-refractivity contribution in [3.63, 3.8) is 0 Å². The third-order valence-corrected chi connectivity index (χ3v) is 3.95. The maximum atomic E-state index is 4.56. The summed E-state index contributed by atoms with van der Waals surface area (Å²) in [6.45, 7) is 5.47. The number of nitrogens with one attached hydrogen (secondary N) is 1. The Hall–Kier alpha value is -1.16. The number of hydrogen-bond donors (Lipinski definition) is 1. The van der Waals surface area contributed by atoms with Gasteiger partial charge in [-0.05, 0) is 25.7 Å². The van der Waals surface area contributed by atoms with Crippen LogP contribution in [0, 0.1) is 0 Å². The summed E-state index contributed by atoms with van der Waals surface area (Å²) < 4.78 is 0. The quantitative estimate of drug-likeness (QED) is 0.830. The van der Waals surface area contributed by atoms with Crippen LogP contribution in [0.5, 0.6) is 0 Å². The number of hydrogen-bond acceptors (Lipinski definition) is 4. The highest BCUT2D eigenvalue weighted by molar-refractivity contribution is 5.51. The van der Waals surface area contributed by atoms with Gasteiger partial charge in [-0.15, -0.1) is 0 Å². The van der Waals surface area contributed by atoms with Gasteiger partial charge in [0.25, 0.3) is 0 Å². The van der Waals surface area contributed by atoms with E-state index in [1.165, 1.54) is 29.9 Å². The molecule has 1 atom stereocenters. The van der Waals surface area contributed by atoms with Gasteiger partial charge in [0.05, 0.1) is 0 Å². The number of rotatable bonds is 2. The fourth-order valence-electron chi connectivity index (χ4n) is 2.99. The van der Waals surface area contributed by atoms with E-state index in [-0.39, 0.29) is 0 Å². The number of aromatic nitrogens is 2. The molecule has 1 aromatic rings. The molecule has 2 aliphatic rings. The highest BCUT2D eigenvalue weighted by atomic mass is 15.3. The number of aryl methyl sites for hydroxylation is 1. The topological polar surface area (TPSA) is 41.0 Å². The van der Waals surface area contributed by atoms with E-state index >= 15 is 0 Å². The first kappa shape index (κ1) is 11.0. The minimum Gasteiger partial charge on any atom is -0.351 e. The van der Waals surface area contributed by atoms with E-state index in [1.807, 2.05) is 0 Å². The zero-order valence-electron chi connectivity index (χ0n) is 10.4. The SMILES string of the molecule is CCC1CNCCN1c1ncnc2c1CCC2. The molecule has 1 N–H and O–H groups in total. The van der Waals surface area contributed by atoms with Gasteiger partial charge in [0.15, 0.2) is 0 Å². The second kappa shape index (κ2) is 4.61. The first-order valence-corrected chi connectivity index (χ1v) is 6.70. The lowest BCUT2D eigenvalue weighted by molar-refractivity contribution is 0.462. The van der Waals surface area contributed by atoms with Gasteiger partial charge in [-0.2, -0.15) is 0 Å². The summed E-state index contributed by atoms with van der Waals surface area (Å²) in [5.74, 6) is 1.21. The fraction of sp³-hybridized carbons (Fsp3) is 0.692. The van der Waals surface area contributed by atoms with Crippen molar-refractivity contribution in [1.82, 2.24) is 15.3 Å². The Bertz CT molecular complexity index is 404. The molecule has 1 unspecified atom stereocenters. The van der Waals surface area contributed by atoms with E-state index in [1.54, 1.807) is 6.33 Å². The molecule has 0 aromatic carbocycles. The van der Waals surface area contributed by atoms with Gasteiger partial charge in [0, 0.05) is 36.9 Å². The van der Waals surface area contributed by atoms with Crippen LogP contribution in [0.25, 0.3) is 0 Å². The van der Waals surface area contributed by atoms with Crippen LogP contribution in [0.15, 0.2) is 6.33 Å². The zero-order chi connectivity index (χ0) is 11.7. The minimum atomic E-state index is 0.586. The predicted molar refractivity (Wildman–Crippen MR) is 68.4 cm³/mol. The summed E-state index contributed by atoms with van der Waals surface area (Å²) in [5, 5.41) is 3.47. The lowest BCUT2D eigenvalue weighted by atomic mass is 10.1. The van der Waals surface area contributed by atoms with E-state index in [4.69, 9.17) is 0 Å². The van der Waals surface area contributed by atoms with Crippen molar-refractivity contribution in [2.24, 2.45) is 0 Å². The smallest absolute Gasteiger partial charge is 0.135 e. The molecular formula is C13H20N4. The molecule has 4 nitrogen and oxygen atoms in total. The highest BCUT2D eigenvalue weighted by Crippen LogP contribution is 2.29. The molecule has 0 radical (unpaired) electrons. The molecule has 0 saturated carbocycles. The molecule has 1 fully saturated rings. The van der Waals surface area contributed by atoms with Crippen molar-refractivity contribution in [1.29, 1.82) is 0 Å². The summed E-state index contributed by atoms with van der Waals surface area (Å²) in [5.41, 5.74) is 2.69. The summed E-state index contributed by atoms with van der Waals surface area (Å²) in [7, 11) is 0. The third-order valence-electron chi connectivity index (χ3n) is 3.95. The number of piperazine rings is 1. The molecule has 1 aliphatic heterocycles. The first-order valence-electron chi connectivity index (χ1n) is 6.70. The maximum absolute atomic E-state index is 4.56. The summed E-state index contributed by atoms with van der Waals surface area (Å²) >= 11 is 0. The molecule has 4 heteroatoms. The van der Waals surface area contributed by atoms with E-state index in [0.717, 1.165) is 32.5 Å². The Kier molecular flexibility index (Phi) is 2.97. The largest absolute Gasteiger partial charge is 0.351 e. The van der Waals surface area contributed by atoms with Crippen molar-refractivity contribution >= 4 is 5.82 Å². The monoisotopic (exact) mass is 232 g/mol. The summed E-state index contributed by atoms with van der Waals surface area (Å²) in [4.78, 5) is 11.5. The Morgan fingerprint density at radius 1 is 1.41 bits per heavy atom. The normalized spacial score (nSPS) is 23.8. The van der Waals surface area contributed by atoms with Crippen LogP contribution in [-0.4, -0.2) is 35.6 Å². The Morgan fingerprint density at radius 2 is 2.35 bits per heavy atom. The fourth-order valence-corrected chi connectivity index (χ4v) is 2.99. The Balaban J connectivity index is 1.95. The van der Waals surface area contributed by atoms with Crippen molar-refractivity contribution in [2.45, 2.75) is 38.6 Å². The third kappa shape index (κ3) is 1.90. The number of fused-ring (bicyclic) bond motifs is 1. The average molecular weight is 232 g/mol. The summed E-state index contributed by atoms with van der Waals surface area (Å²) in [6, 6.07) is 0.586. The van der Waals surface area contributed by atoms with Crippen LogP contribution in [0.3, 0.4) is 0 Å². The van der Waals surface area contributed by atoms with Gasteiger partial charge in [0.2, 0.25) is 0 Å². The lowest BCUT2D eigenvalue weighted by Crippen LogP contribution is -2.51. The first-order chi connectivity index (χ1) is 8.40. The molecule has 0 spiro atoms. The Morgan fingerprint density at radius 3 is 3.24 bits per heavy atom. The average Bonchev–Trinajstić information content (AvgIpc) is 2.86. The molecule has 17 heavy (non-hydrogen) atoms. The van der Waals surface area contributed by atoms with Crippen LogP contribution < -0.4 is 10.2 Å².